The van der Waals surface area contributed by atoms with Crippen molar-refractivity contribution < 1.29 is 24.1 Å². The monoisotopic (exact) mass is 486 g/mol. The summed E-state index contributed by atoms with van der Waals surface area (Å²) in [6.07, 6.45) is 18.1. The SMILES string of the molecule is CCC#CCC(C)[C@@H](C=C[C@H]1[C@H]2CC(=CCO)C[C@H]2C[C@H]1OC1CCCCO1)OC1CCCCO1. The van der Waals surface area contributed by atoms with Gasteiger partial charge in [0.2, 0.25) is 0 Å². The van der Waals surface area contributed by atoms with Crippen LogP contribution in [0.3, 0.4) is 0 Å². The van der Waals surface area contributed by atoms with E-state index in [1.54, 1.807) is 0 Å². The predicted octanol–water partition coefficient (Wildman–Crippen LogP) is 5.77. The lowest BCUT2D eigenvalue weighted by atomic mass is 9.89. The van der Waals surface area contributed by atoms with E-state index in [0.29, 0.717) is 23.7 Å². The molecule has 5 nitrogen and oxygen atoms in total. The summed E-state index contributed by atoms with van der Waals surface area (Å²) in [6, 6.07) is 0. The van der Waals surface area contributed by atoms with E-state index in [1.165, 1.54) is 12.0 Å². The molecule has 0 bridgehead atoms. The molecule has 0 aromatic rings. The second kappa shape index (κ2) is 14.0. The van der Waals surface area contributed by atoms with E-state index in [4.69, 9.17) is 18.9 Å². The Morgan fingerprint density at radius 3 is 2.51 bits per heavy atom. The van der Waals surface area contributed by atoms with E-state index < -0.39 is 0 Å². The minimum absolute atomic E-state index is 0.0243. The Hall–Kier alpha value is -1.16. The highest BCUT2D eigenvalue weighted by Gasteiger charge is 2.47. The van der Waals surface area contributed by atoms with Crippen molar-refractivity contribution in [1.29, 1.82) is 0 Å². The number of ether oxygens (including phenoxy) is 4. The zero-order valence-corrected chi connectivity index (χ0v) is 21.8. The Morgan fingerprint density at radius 1 is 1.06 bits per heavy atom. The van der Waals surface area contributed by atoms with Crippen LogP contribution in [0.1, 0.15) is 84.5 Å². The number of hydrogen-bond donors (Lipinski definition) is 1. The highest BCUT2D eigenvalue weighted by Crippen LogP contribution is 2.51. The van der Waals surface area contributed by atoms with Gasteiger partial charge in [-0.05, 0) is 75.5 Å². The van der Waals surface area contributed by atoms with Gasteiger partial charge in [-0.2, -0.15) is 0 Å². The Bertz CT molecular complexity index is 752. The molecule has 196 valence electrons. The largest absolute Gasteiger partial charge is 0.392 e. The number of allylic oxidation sites excluding steroid dienone is 1. The van der Waals surface area contributed by atoms with Crippen LogP contribution in [0.15, 0.2) is 23.8 Å². The predicted molar refractivity (Wildman–Crippen MR) is 137 cm³/mol. The lowest BCUT2D eigenvalue weighted by Gasteiger charge is -2.31. The zero-order chi connectivity index (χ0) is 24.5. The normalized spacial score (nSPS) is 36.1. The van der Waals surface area contributed by atoms with Crippen LogP contribution in [0.2, 0.25) is 0 Å². The quantitative estimate of drug-likeness (QED) is 0.331. The molecule has 0 radical (unpaired) electrons. The number of aliphatic hydroxyl groups excluding tert-OH is 1. The Kier molecular flexibility index (Phi) is 10.7. The fourth-order valence-electron chi connectivity index (χ4n) is 6.28. The van der Waals surface area contributed by atoms with Crippen LogP contribution < -0.4 is 0 Å². The molecular formula is C30H46O5. The standard InChI is InChI=1S/C30H46O5/c1-3-4-5-10-22(2)27(34-29-11-6-8-17-32-29)14-13-25-26-20-23(15-16-31)19-24(26)21-28(25)35-30-12-7-9-18-33-30/h13-15,22,24-31H,3,6-12,16-21H2,1-2H3/t22?,24-,25-,26-,27+,28+,29?,30?/m0/s1. The van der Waals surface area contributed by atoms with Gasteiger partial charge in [-0.1, -0.05) is 37.6 Å². The van der Waals surface area contributed by atoms with Crippen molar-refractivity contribution >= 4 is 0 Å². The first-order valence-corrected chi connectivity index (χ1v) is 14.1. The second-order valence-corrected chi connectivity index (χ2v) is 10.8. The number of fused-ring (bicyclic) bond motifs is 1. The average Bonchev–Trinajstić information content (AvgIpc) is 3.40. The van der Waals surface area contributed by atoms with Crippen molar-refractivity contribution in [3.63, 3.8) is 0 Å². The first-order valence-electron chi connectivity index (χ1n) is 14.1. The van der Waals surface area contributed by atoms with Crippen LogP contribution in [-0.4, -0.2) is 49.7 Å². The van der Waals surface area contributed by atoms with Crippen LogP contribution in [-0.2, 0) is 18.9 Å². The zero-order valence-electron chi connectivity index (χ0n) is 21.8. The van der Waals surface area contributed by atoms with Gasteiger partial charge in [-0.3, -0.25) is 0 Å². The van der Waals surface area contributed by atoms with E-state index in [9.17, 15) is 5.11 Å². The molecule has 2 aliphatic heterocycles. The van der Waals surface area contributed by atoms with Crippen LogP contribution in [0, 0.1) is 35.5 Å². The van der Waals surface area contributed by atoms with Crippen LogP contribution in [0.5, 0.6) is 0 Å². The third-order valence-electron chi connectivity index (χ3n) is 8.19. The number of hydrogen-bond acceptors (Lipinski definition) is 5. The van der Waals surface area contributed by atoms with Crippen LogP contribution >= 0.6 is 0 Å². The molecule has 0 aromatic carbocycles. The van der Waals surface area contributed by atoms with Crippen LogP contribution in [0.4, 0.5) is 0 Å². The molecule has 1 N–H and O–H groups in total. The summed E-state index contributed by atoms with van der Waals surface area (Å²) in [5.41, 5.74) is 1.40. The van der Waals surface area contributed by atoms with E-state index >= 15 is 0 Å². The molecule has 0 spiro atoms. The van der Waals surface area contributed by atoms with Crippen molar-refractivity contribution in [2.45, 2.75) is 109 Å². The van der Waals surface area contributed by atoms with Gasteiger partial charge in [0.1, 0.15) is 0 Å². The summed E-state index contributed by atoms with van der Waals surface area (Å²) >= 11 is 0. The maximum Gasteiger partial charge on any atom is 0.158 e. The Balaban J connectivity index is 1.49. The molecule has 35 heavy (non-hydrogen) atoms. The van der Waals surface area contributed by atoms with E-state index in [0.717, 1.165) is 77.4 Å². The van der Waals surface area contributed by atoms with Crippen molar-refractivity contribution in [3.8, 4) is 11.8 Å². The van der Waals surface area contributed by atoms with Crippen molar-refractivity contribution in [2.24, 2.45) is 23.7 Å². The number of aliphatic hydroxyl groups is 1. The van der Waals surface area contributed by atoms with Gasteiger partial charge in [0.25, 0.3) is 0 Å². The molecule has 4 fully saturated rings. The summed E-state index contributed by atoms with van der Waals surface area (Å²) in [5.74, 6) is 8.34. The molecule has 2 saturated carbocycles. The first kappa shape index (κ1) is 26.9. The van der Waals surface area contributed by atoms with Gasteiger partial charge in [0.05, 0.1) is 18.8 Å². The summed E-state index contributed by atoms with van der Waals surface area (Å²) in [7, 11) is 0. The van der Waals surface area contributed by atoms with Gasteiger partial charge >= 0.3 is 0 Å². The van der Waals surface area contributed by atoms with E-state index in [2.05, 4.69) is 37.8 Å². The van der Waals surface area contributed by atoms with E-state index in [-0.39, 0.29) is 31.4 Å². The van der Waals surface area contributed by atoms with Gasteiger partial charge < -0.3 is 24.1 Å². The molecule has 2 aliphatic carbocycles. The van der Waals surface area contributed by atoms with Crippen molar-refractivity contribution in [3.05, 3.63) is 23.8 Å². The van der Waals surface area contributed by atoms with Gasteiger partial charge in [0, 0.05) is 32.0 Å². The first-order chi connectivity index (χ1) is 17.2. The van der Waals surface area contributed by atoms with Gasteiger partial charge in [-0.15, -0.1) is 11.8 Å². The third-order valence-corrected chi connectivity index (χ3v) is 8.19. The minimum atomic E-state index is -0.121. The molecule has 4 aliphatic rings. The topological polar surface area (TPSA) is 57.2 Å². The maximum atomic E-state index is 9.43. The van der Waals surface area contributed by atoms with E-state index in [1.807, 2.05) is 6.08 Å². The average molecular weight is 487 g/mol. The molecular weight excluding hydrogens is 440 g/mol. The summed E-state index contributed by atoms with van der Waals surface area (Å²) in [4.78, 5) is 0. The molecule has 2 saturated heterocycles. The fraction of sp³-hybridized carbons (Fsp3) is 0.800. The van der Waals surface area contributed by atoms with Gasteiger partial charge in [0.15, 0.2) is 12.6 Å². The molecule has 3 unspecified atom stereocenters. The van der Waals surface area contributed by atoms with Crippen LogP contribution in [0.25, 0.3) is 0 Å². The summed E-state index contributed by atoms with van der Waals surface area (Å²) < 4.78 is 25.0. The molecule has 5 heteroatoms. The molecule has 8 atom stereocenters. The highest BCUT2D eigenvalue weighted by atomic mass is 16.7. The summed E-state index contributed by atoms with van der Waals surface area (Å²) in [5, 5.41) is 9.43. The second-order valence-electron chi connectivity index (χ2n) is 10.8. The lowest BCUT2D eigenvalue weighted by Crippen LogP contribution is -2.32. The van der Waals surface area contributed by atoms with Gasteiger partial charge in [-0.25, -0.2) is 0 Å². The Labute approximate surface area is 212 Å². The van der Waals surface area contributed by atoms with Crippen molar-refractivity contribution in [1.82, 2.24) is 0 Å². The maximum absolute atomic E-state index is 9.43. The molecule has 0 aromatic heterocycles. The Morgan fingerprint density at radius 2 is 1.83 bits per heavy atom. The molecule has 0 amide bonds. The third kappa shape index (κ3) is 7.66. The highest BCUT2D eigenvalue weighted by molar-refractivity contribution is 5.18. The minimum Gasteiger partial charge on any atom is -0.392 e. The smallest absolute Gasteiger partial charge is 0.158 e. The van der Waals surface area contributed by atoms with Crippen molar-refractivity contribution in [2.75, 3.05) is 19.8 Å². The number of rotatable bonds is 9. The molecule has 4 rings (SSSR count). The fourth-order valence-corrected chi connectivity index (χ4v) is 6.28. The lowest BCUT2D eigenvalue weighted by molar-refractivity contribution is -0.193. The molecule has 2 heterocycles. The summed E-state index contributed by atoms with van der Waals surface area (Å²) in [6.45, 7) is 6.06.